The van der Waals surface area contributed by atoms with E-state index in [1.54, 1.807) is 0 Å². The van der Waals surface area contributed by atoms with Crippen molar-refractivity contribution in [3.8, 4) is 0 Å². The minimum absolute atomic E-state index is 0.0632. The van der Waals surface area contributed by atoms with Crippen LogP contribution in [0.15, 0.2) is 24.3 Å². The number of anilines is 1. The number of carbonyl (C=O) groups is 1. The van der Waals surface area contributed by atoms with Gasteiger partial charge in [-0.05, 0) is 30.5 Å². The molecule has 6 heteroatoms. The van der Waals surface area contributed by atoms with E-state index in [0.717, 1.165) is 12.1 Å². The molecule has 2 rings (SSSR count). The minimum atomic E-state index is -2.86. The molecule has 4 nitrogen and oxygen atoms in total. The van der Waals surface area contributed by atoms with Crippen molar-refractivity contribution < 1.29 is 13.2 Å². The molecule has 0 saturated carbocycles. The van der Waals surface area contributed by atoms with Crippen LogP contribution in [-0.2, 0) is 21.1 Å². The van der Waals surface area contributed by atoms with Crippen molar-refractivity contribution in [1.29, 1.82) is 0 Å². The summed E-state index contributed by atoms with van der Waals surface area (Å²) in [6, 6.07) is 7.77. The highest BCUT2D eigenvalue weighted by Gasteiger charge is 2.28. The number of carbonyl (C=O) groups excluding carboxylic acids is 1. The van der Waals surface area contributed by atoms with E-state index in [1.165, 1.54) is 17.3 Å². The van der Waals surface area contributed by atoms with Gasteiger partial charge in [0.05, 0.1) is 17.3 Å². The van der Waals surface area contributed by atoms with E-state index in [9.17, 15) is 13.2 Å². The number of sulfone groups is 1. The average Bonchev–Trinajstić information content (AvgIpc) is 2.77. The second kappa shape index (κ2) is 6.63. The van der Waals surface area contributed by atoms with Crippen molar-refractivity contribution in [1.82, 2.24) is 0 Å². The Balaban J connectivity index is 1.78. The SMILES string of the molecule is CCc1ccc(NC(=O)CS[C@@H]2CCS(=O)(=O)C2)cc1. The van der Waals surface area contributed by atoms with Crippen molar-refractivity contribution in [2.45, 2.75) is 25.0 Å². The fraction of sp³-hybridized carbons (Fsp3) is 0.500. The van der Waals surface area contributed by atoms with E-state index in [4.69, 9.17) is 0 Å². The number of benzene rings is 1. The van der Waals surface area contributed by atoms with Gasteiger partial charge in [-0.25, -0.2) is 8.42 Å². The second-order valence-electron chi connectivity index (χ2n) is 4.93. The third-order valence-corrected chi connectivity index (χ3v) is 6.57. The number of hydrogen-bond acceptors (Lipinski definition) is 4. The number of hydrogen-bond donors (Lipinski definition) is 1. The molecule has 1 aliphatic rings. The van der Waals surface area contributed by atoms with Crippen LogP contribution in [0, 0.1) is 0 Å². The predicted molar refractivity (Wildman–Crippen MR) is 84.0 cm³/mol. The molecule has 0 unspecified atom stereocenters. The Morgan fingerprint density at radius 2 is 2.05 bits per heavy atom. The third kappa shape index (κ3) is 4.52. The molecule has 1 atom stereocenters. The van der Waals surface area contributed by atoms with Crippen LogP contribution in [-0.4, -0.2) is 36.8 Å². The first kappa shape index (κ1) is 15.4. The zero-order valence-electron chi connectivity index (χ0n) is 11.5. The topological polar surface area (TPSA) is 63.2 Å². The van der Waals surface area contributed by atoms with E-state index in [2.05, 4.69) is 12.2 Å². The Kier molecular flexibility index (Phi) is 5.10. The van der Waals surface area contributed by atoms with Gasteiger partial charge in [-0.1, -0.05) is 19.1 Å². The molecule has 0 aliphatic carbocycles. The highest BCUT2D eigenvalue weighted by molar-refractivity contribution is 8.02. The van der Waals surface area contributed by atoms with Gasteiger partial charge < -0.3 is 5.32 Å². The molecule has 0 spiro atoms. The summed E-state index contributed by atoms with van der Waals surface area (Å²) in [5.41, 5.74) is 2.01. The fourth-order valence-electron chi connectivity index (χ4n) is 2.11. The highest BCUT2D eigenvalue weighted by atomic mass is 32.2. The molecule has 110 valence electrons. The van der Waals surface area contributed by atoms with Gasteiger partial charge >= 0.3 is 0 Å². The summed E-state index contributed by atoms with van der Waals surface area (Å²) in [6.07, 6.45) is 1.63. The van der Waals surface area contributed by atoms with E-state index >= 15 is 0 Å². The minimum Gasteiger partial charge on any atom is -0.325 e. The van der Waals surface area contributed by atoms with Crippen LogP contribution >= 0.6 is 11.8 Å². The largest absolute Gasteiger partial charge is 0.325 e. The first-order valence-corrected chi connectivity index (χ1v) is 9.56. The van der Waals surface area contributed by atoms with Crippen LogP contribution in [0.5, 0.6) is 0 Å². The predicted octanol–water partition coefficient (Wildman–Crippen LogP) is 2.11. The molecule has 0 radical (unpaired) electrons. The first-order valence-electron chi connectivity index (χ1n) is 6.69. The quantitative estimate of drug-likeness (QED) is 0.904. The summed E-state index contributed by atoms with van der Waals surface area (Å²) in [6.45, 7) is 2.08. The zero-order valence-corrected chi connectivity index (χ0v) is 13.1. The molecule has 1 amide bonds. The van der Waals surface area contributed by atoms with E-state index < -0.39 is 9.84 Å². The summed E-state index contributed by atoms with van der Waals surface area (Å²) in [7, 11) is -2.86. The summed E-state index contributed by atoms with van der Waals surface area (Å²) in [4.78, 5) is 11.8. The molecule has 20 heavy (non-hydrogen) atoms. The third-order valence-electron chi connectivity index (χ3n) is 3.29. The molecule has 1 aromatic rings. The van der Waals surface area contributed by atoms with Crippen LogP contribution in [0.4, 0.5) is 5.69 Å². The smallest absolute Gasteiger partial charge is 0.234 e. The average molecular weight is 313 g/mol. The first-order chi connectivity index (χ1) is 9.48. The Labute approximate surface area is 124 Å². The monoisotopic (exact) mass is 313 g/mol. The number of nitrogens with one attached hydrogen (secondary N) is 1. The molecule has 1 fully saturated rings. The lowest BCUT2D eigenvalue weighted by Crippen LogP contribution is -2.17. The molecule has 1 N–H and O–H groups in total. The van der Waals surface area contributed by atoms with E-state index in [-0.39, 0.29) is 22.7 Å². The Hall–Kier alpha value is -1.01. The number of thioether (sulfide) groups is 1. The van der Waals surface area contributed by atoms with Crippen LogP contribution in [0.3, 0.4) is 0 Å². The standard InChI is InChI=1S/C14H19NO3S2/c1-2-11-3-5-12(6-4-11)15-14(16)9-19-13-7-8-20(17,18)10-13/h3-6,13H,2,7-10H2,1H3,(H,15,16)/t13-/m1/s1. The van der Waals surface area contributed by atoms with Gasteiger partial charge in [-0.3, -0.25) is 4.79 Å². The molecule has 1 aliphatic heterocycles. The highest BCUT2D eigenvalue weighted by Crippen LogP contribution is 2.24. The van der Waals surface area contributed by atoms with Gasteiger partial charge in [0.2, 0.25) is 5.91 Å². The van der Waals surface area contributed by atoms with Crippen LogP contribution in [0.1, 0.15) is 18.9 Å². The van der Waals surface area contributed by atoms with Crippen LogP contribution < -0.4 is 5.32 Å². The van der Waals surface area contributed by atoms with Crippen molar-refractivity contribution in [2.75, 3.05) is 22.6 Å². The van der Waals surface area contributed by atoms with Crippen molar-refractivity contribution in [3.05, 3.63) is 29.8 Å². The summed E-state index contributed by atoms with van der Waals surface area (Å²) >= 11 is 1.43. The Morgan fingerprint density at radius 1 is 1.35 bits per heavy atom. The second-order valence-corrected chi connectivity index (χ2v) is 8.45. The number of rotatable bonds is 5. The van der Waals surface area contributed by atoms with E-state index in [1.807, 2.05) is 24.3 Å². The van der Waals surface area contributed by atoms with Crippen molar-refractivity contribution >= 4 is 33.2 Å². The van der Waals surface area contributed by atoms with Crippen LogP contribution in [0.25, 0.3) is 0 Å². The lowest BCUT2D eigenvalue weighted by atomic mass is 10.1. The lowest BCUT2D eigenvalue weighted by Gasteiger charge is -2.08. The van der Waals surface area contributed by atoms with Gasteiger partial charge in [0, 0.05) is 10.9 Å². The van der Waals surface area contributed by atoms with Gasteiger partial charge in [0.25, 0.3) is 0 Å². The summed E-state index contributed by atoms with van der Waals surface area (Å²) < 4.78 is 22.6. The molecule has 0 bridgehead atoms. The summed E-state index contributed by atoms with van der Waals surface area (Å²) in [5.74, 6) is 0.680. The molecular formula is C14H19NO3S2. The van der Waals surface area contributed by atoms with Gasteiger partial charge in [0.15, 0.2) is 9.84 Å². The molecular weight excluding hydrogens is 294 g/mol. The molecule has 1 heterocycles. The van der Waals surface area contributed by atoms with Crippen molar-refractivity contribution in [2.24, 2.45) is 0 Å². The lowest BCUT2D eigenvalue weighted by molar-refractivity contribution is -0.113. The van der Waals surface area contributed by atoms with Gasteiger partial charge in [-0.2, -0.15) is 0 Å². The molecule has 1 aromatic carbocycles. The summed E-state index contributed by atoms with van der Waals surface area (Å²) in [5, 5.41) is 2.89. The Morgan fingerprint density at radius 3 is 2.60 bits per heavy atom. The van der Waals surface area contributed by atoms with Gasteiger partial charge in [0.1, 0.15) is 0 Å². The fourth-order valence-corrected chi connectivity index (χ4v) is 5.55. The number of aryl methyl sites for hydroxylation is 1. The zero-order chi connectivity index (χ0) is 14.6. The molecule has 0 aromatic heterocycles. The maximum atomic E-state index is 11.8. The maximum Gasteiger partial charge on any atom is 0.234 e. The Bertz CT molecular complexity index is 567. The van der Waals surface area contributed by atoms with Gasteiger partial charge in [-0.15, -0.1) is 11.8 Å². The van der Waals surface area contributed by atoms with E-state index in [0.29, 0.717) is 12.2 Å². The molecule has 1 saturated heterocycles. The van der Waals surface area contributed by atoms with Crippen molar-refractivity contribution in [3.63, 3.8) is 0 Å². The number of amides is 1. The van der Waals surface area contributed by atoms with Crippen LogP contribution in [0.2, 0.25) is 0 Å². The maximum absolute atomic E-state index is 11.8. The normalized spacial score (nSPS) is 20.8.